The van der Waals surface area contributed by atoms with E-state index >= 15 is 0 Å². The van der Waals surface area contributed by atoms with Crippen LogP contribution in [-0.2, 0) is 4.79 Å². The Morgan fingerprint density at radius 2 is 1.82 bits per heavy atom. The molecule has 122 valence electrons. The predicted octanol–water partition coefficient (Wildman–Crippen LogP) is 3.25. The fourth-order valence-corrected chi connectivity index (χ4v) is 2.69. The highest BCUT2D eigenvalue weighted by Gasteiger charge is 2.10. The standard InChI is InChI=1S/C18H29N3O/c1-15(2)10-11-19-18(22)14-20-16-6-8-17(9-7-16)21-12-4-3-5-13-21/h6-9,15,20H,3-5,10-14H2,1-2H3,(H,19,22). The minimum absolute atomic E-state index is 0.0563. The van der Waals surface area contributed by atoms with Crippen LogP contribution in [0.25, 0.3) is 0 Å². The van der Waals surface area contributed by atoms with E-state index in [0.717, 1.165) is 31.7 Å². The number of piperidine rings is 1. The van der Waals surface area contributed by atoms with Crippen LogP contribution in [0.15, 0.2) is 24.3 Å². The molecule has 0 radical (unpaired) electrons. The molecule has 1 aromatic carbocycles. The minimum Gasteiger partial charge on any atom is -0.376 e. The molecule has 0 bridgehead atoms. The Bertz CT molecular complexity index is 450. The summed E-state index contributed by atoms with van der Waals surface area (Å²) in [7, 11) is 0. The highest BCUT2D eigenvalue weighted by Crippen LogP contribution is 2.21. The third-order valence-corrected chi connectivity index (χ3v) is 4.09. The first kappa shape index (κ1) is 16.7. The Labute approximate surface area is 134 Å². The van der Waals surface area contributed by atoms with Crippen molar-refractivity contribution in [2.45, 2.75) is 39.5 Å². The Hall–Kier alpha value is -1.71. The van der Waals surface area contributed by atoms with Gasteiger partial charge >= 0.3 is 0 Å². The summed E-state index contributed by atoms with van der Waals surface area (Å²) in [5.41, 5.74) is 2.28. The lowest BCUT2D eigenvalue weighted by Gasteiger charge is -2.28. The van der Waals surface area contributed by atoms with Crippen LogP contribution in [0.1, 0.15) is 39.5 Å². The Kier molecular flexibility index (Phi) is 6.56. The molecule has 0 aliphatic carbocycles. The largest absolute Gasteiger partial charge is 0.376 e. The average molecular weight is 303 g/mol. The van der Waals surface area contributed by atoms with Crippen LogP contribution in [0.4, 0.5) is 11.4 Å². The average Bonchev–Trinajstić information content (AvgIpc) is 2.54. The number of anilines is 2. The summed E-state index contributed by atoms with van der Waals surface area (Å²) in [6.45, 7) is 7.73. The van der Waals surface area contributed by atoms with E-state index in [1.54, 1.807) is 0 Å². The van der Waals surface area contributed by atoms with Gasteiger partial charge in [0.05, 0.1) is 6.54 Å². The Balaban J connectivity index is 1.73. The summed E-state index contributed by atoms with van der Waals surface area (Å²) in [6, 6.07) is 8.41. The van der Waals surface area contributed by atoms with Gasteiger partial charge in [-0.1, -0.05) is 13.8 Å². The number of hydrogen-bond donors (Lipinski definition) is 2. The fraction of sp³-hybridized carbons (Fsp3) is 0.611. The molecule has 2 N–H and O–H groups in total. The summed E-state index contributed by atoms with van der Waals surface area (Å²) in [5.74, 6) is 0.677. The van der Waals surface area contributed by atoms with Gasteiger partial charge in [0, 0.05) is 31.0 Å². The van der Waals surface area contributed by atoms with Crippen LogP contribution >= 0.6 is 0 Å². The van der Waals surface area contributed by atoms with Gasteiger partial charge in [-0.3, -0.25) is 4.79 Å². The quantitative estimate of drug-likeness (QED) is 0.812. The van der Waals surface area contributed by atoms with Crippen molar-refractivity contribution in [1.82, 2.24) is 5.32 Å². The van der Waals surface area contributed by atoms with Gasteiger partial charge < -0.3 is 15.5 Å². The number of hydrogen-bond acceptors (Lipinski definition) is 3. The highest BCUT2D eigenvalue weighted by molar-refractivity contribution is 5.80. The van der Waals surface area contributed by atoms with Crippen LogP contribution in [0.3, 0.4) is 0 Å². The molecule has 1 saturated heterocycles. The molecule has 0 atom stereocenters. The van der Waals surface area contributed by atoms with Crippen LogP contribution in [-0.4, -0.2) is 32.1 Å². The second kappa shape index (κ2) is 8.66. The first-order valence-electron chi connectivity index (χ1n) is 8.51. The first-order chi connectivity index (χ1) is 10.6. The zero-order valence-electron chi connectivity index (χ0n) is 13.9. The van der Waals surface area contributed by atoms with E-state index in [4.69, 9.17) is 0 Å². The molecular weight excluding hydrogens is 274 g/mol. The SMILES string of the molecule is CC(C)CCNC(=O)CNc1ccc(N2CCCCC2)cc1. The molecule has 1 aliphatic heterocycles. The maximum absolute atomic E-state index is 11.7. The van der Waals surface area contributed by atoms with Gasteiger partial charge in [0.25, 0.3) is 0 Å². The monoisotopic (exact) mass is 303 g/mol. The van der Waals surface area contributed by atoms with E-state index < -0.39 is 0 Å². The van der Waals surface area contributed by atoms with E-state index in [0.29, 0.717) is 12.5 Å². The molecule has 2 rings (SSSR count). The van der Waals surface area contributed by atoms with Crippen molar-refractivity contribution in [3.63, 3.8) is 0 Å². The summed E-state index contributed by atoms with van der Waals surface area (Å²) in [5, 5.41) is 6.12. The van der Waals surface area contributed by atoms with Gasteiger partial charge in [-0.05, 0) is 55.9 Å². The van der Waals surface area contributed by atoms with Crippen LogP contribution in [0, 0.1) is 5.92 Å². The van der Waals surface area contributed by atoms with E-state index in [9.17, 15) is 4.79 Å². The normalized spacial score (nSPS) is 15.0. The lowest BCUT2D eigenvalue weighted by atomic mass is 10.1. The number of rotatable bonds is 7. The number of carbonyl (C=O) groups excluding carboxylic acids is 1. The van der Waals surface area contributed by atoms with Crippen LogP contribution in [0.5, 0.6) is 0 Å². The van der Waals surface area contributed by atoms with Crippen molar-refractivity contribution in [2.24, 2.45) is 5.92 Å². The van der Waals surface area contributed by atoms with E-state index in [2.05, 4.69) is 53.6 Å². The second-order valence-corrected chi connectivity index (χ2v) is 6.48. The lowest BCUT2D eigenvalue weighted by Crippen LogP contribution is -2.31. The first-order valence-corrected chi connectivity index (χ1v) is 8.51. The summed E-state index contributed by atoms with van der Waals surface area (Å²) in [4.78, 5) is 14.2. The molecule has 1 fully saturated rings. The number of amides is 1. The molecular formula is C18H29N3O. The van der Waals surface area contributed by atoms with Crippen molar-refractivity contribution in [3.8, 4) is 0 Å². The Morgan fingerprint density at radius 1 is 1.14 bits per heavy atom. The van der Waals surface area contributed by atoms with Crippen molar-refractivity contribution in [1.29, 1.82) is 0 Å². The van der Waals surface area contributed by atoms with Gasteiger partial charge in [0.2, 0.25) is 5.91 Å². The van der Waals surface area contributed by atoms with E-state index in [-0.39, 0.29) is 5.91 Å². The van der Waals surface area contributed by atoms with Crippen molar-refractivity contribution in [3.05, 3.63) is 24.3 Å². The Morgan fingerprint density at radius 3 is 2.45 bits per heavy atom. The van der Waals surface area contributed by atoms with Gasteiger partial charge in [0.1, 0.15) is 0 Å². The van der Waals surface area contributed by atoms with E-state index in [1.165, 1.54) is 24.9 Å². The fourth-order valence-electron chi connectivity index (χ4n) is 2.69. The molecule has 0 unspecified atom stereocenters. The van der Waals surface area contributed by atoms with Crippen molar-refractivity contribution < 1.29 is 4.79 Å². The minimum atomic E-state index is 0.0563. The van der Waals surface area contributed by atoms with Crippen LogP contribution in [0.2, 0.25) is 0 Å². The molecule has 4 nitrogen and oxygen atoms in total. The molecule has 0 aromatic heterocycles. The maximum atomic E-state index is 11.7. The topological polar surface area (TPSA) is 44.4 Å². The summed E-state index contributed by atoms with van der Waals surface area (Å²) >= 11 is 0. The van der Waals surface area contributed by atoms with E-state index in [1.807, 2.05) is 0 Å². The predicted molar refractivity (Wildman–Crippen MR) is 93.5 cm³/mol. The van der Waals surface area contributed by atoms with Crippen molar-refractivity contribution >= 4 is 17.3 Å². The smallest absolute Gasteiger partial charge is 0.239 e. The second-order valence-electron chi connectivity index (χ2n) is 6.48. The zero-order chi connectivity index (χ0) is 15.8. The molecule has 1 aliphatic rings. The molecule has 0 saturated carbocycles. The molecule has 22 heavy (non-hydrogen) atoms. The van der Waals surface area contributed by atoms with Gasteiger partial charge in [-0.15, -0.1) is 0 Å². The number of carbonyl (C=O) groups is 1. The lowest BCUT2D eigenvalue weighted by molar-refractivity contribution is -0.119. The molecule has 4 heteroatoms. The molecule has 1 aromatic rings. The number of benzene rings is 1. The van der Waals surface area contributed by atoms with Gasteiger partial charge in [-0.25, -0.2) is 0 Å². The third-order valence-electron chi connectivity index (χ3n) is 4.09. The number of nitrogens with zero attached hydrogens (tertiary/aromatic N) is 1. The third kappa shape index (κ3) is 5.58. The summed E-state index contributed by atoms with van der Waals surface area (Å²) in [6.07, 6.45) is 4.95. The van der Waals surface area contributed by atoms with Crippen LogP contribution < -0.4 is 15.5 Å². The number of nitrogens with one attached hydrogen (secondary N) is 2. The summed E-state index contributed by atoms with van der Waals surface area (Å²) < 4.78 is 0. The van der Waals surface area contributed by atoms with Gasteiger partial charge in [0.15, 0.2) is 0 Å². The zero-order valence-corrected chi connectivity index (χ0v) is 13.9. The molecule has 1 heterocycles. The van der Waals surface area contributed by atoms with Gasteiger partial charge in [-0.2, -0.15) is 0 Å². The molecule has 0 spiro atoms. The molecule has 1 amide bonds. The maximum Gasteiger partial charge on any atom is 0.239 e. The highest BCUT2D eigenvalue weighted by atomic mass is 16.1. The van der Waals surface area contributed by atoms with Crippen molar-refractivity contribution in [2.75, 3.05) is 36.4 Å².